The van der Waals surface area contributed by atoms with Gasteiger partial charge in [-0.15, -0.1) is 0 Å². The second-order valence-electron chi connectivity index (χ2n) is 15.8. The normalized spacial score (nSPS) is 17.6. The zero-order chi connectivity index (χ0) is 44.0. The first-order valence-electron chi connectivity index (χ1n) is 20.4. The number of rotatable bonds is 10. The number of hydrogen-bond donors (Lipinski definition) is 3. The highest BCUT2D eigenvalue weighted by Gasteiger charge is 2.49. The van der Waals surface area contributed by atoms with Crippen LogP contribution in [0.5, 0.6) is 0 Å². The van der Waals surface area contributed by atoms with E-state index < -0.39 is 46.4 Å². The Labute approximate surface area is 354 Å². The lowest BCUT2D eigenvalue weighted by Gasteiger charge is -2.38. The summed E-state index contributed by atoms with van der Waals surface area (Å²) in [6.07, 6.45) is 8.89. The lowest BCUT2D eigenvalue weighted by atomic mass is 9.88. The minimum Gasteiger partial charge on any atom is -0.392 e. The van der Waals surface area contributed by atoms with Crippen molar-refractivity contribution in [1.29, 1.82) is 0 Å². The Hall–Kier alpha value is -6.55. The number of aliphatic hydroxyl groups excluding tert-OH is 1. The fraction of sp³-hybridized carbons (Fsp3) is 0.326. The molecule has 0 radical (unpaired) electrons. The fourth-order valence-electron chi connectivity index (χ4n) is 8.51. The summed E-state index contributed by atoms with van der Waals surface area (Å²) in [7, 11) is 0. The molecule has 4 amide bonds. The second kappa shape index (κ2) is 18.6. The van der Waals surface area contributed by atoms with Crippen LogP contribution in [0.15, 0.2) is 94.9 Å². The summed E-state index contributed by atoms with van der Waals surface area (Å²) in [5, 5.41) is 14.2. The van der Waals surface area contributed by atoms with Crippen LogP contribution in [0.1, 0.15) is 91.3 Å². The molecule has 0 aromatic heterocycles. The molecule has 62 heavy (non-hydrogen) atoms. The van der Waals surface area contributed by atoms with E-state index >= 15 is 0 Å². The molecule has 2 saturated carbocycles. The van der Waals surface area contributed by atoms with Gasteiger partial charge in [-0.1, -0.05) is 61.4 Å². The molecule has 0 unspecified atom stereocenters. The first kappa shape index (κ1) is 43.5. The minimum atomic E-state index is -0.807. The number of carbonyl (C=O) groups is 5. The molecular weight excluding hydrogens is 809 g/mol. The largest absolute Gasteiger partial charge is 0.392 e. The number of hydrogen-bond acceptors (Lipinski definition) is 8. The summed E-state index contributed by atoms with van der Waals surface area (Å²) in [6.45, 7) is -0.646. The SMILES string of the molecule is O=C(CN1C(=O)C(c2ccc(CO)cc2)=NC12CCCCC2)Nc1cc(F)cc(F)c1.O=Cc1ccc(C2=NC3(CCCCC3)N(CC(=O)Nc3cc(F)cc(F)c3)C2=O)cc1. The van der Waals surface area contributed by atoms with Crippen LogP contribution >= 0.6 is 0 Å². The van der Waals surface area contributed by atoms with Gasteiger partial charge in [-0.3, -0.25) is 34.0 Å². The second-order valence-corrected chi connectivity index (χ2v) is 15.8. The average Bonchev–Trinajstić information content (AvgIpc) is 3.65. The highest BCUT2D eigenvalue weighted by atomic mass is 19.1. The van der Waals surface area contributed by atoms with Crippen molar-refractivity contribution in [3.8, 4) is 0 Å². The van der Waals surface area contributed by atoms with Crippen LogP contribution in [-0.2, 0) is 25.8 Å². The predicted octanol–water partition coefficient (Wildman–Crippen LogP) is 7.10. The number of carbonyl (C=O) groups excluding carboxylic acids is 5. The maximum Gasteiger partial charge on any atom is 0.275 e. The van der Waals surface area contributed by atoms with E-state index in [1.165, 1.54) is 9.80 Å². The van der Waals surface area contributed by atoms with Gasteiger partial charge in [0, 0.05) is 40.2 Å². The molecule has 2 aliphatic carbocycles. The third-order valence-electron chi connectivity index (χ3n) is 11.5. The van der Waals surface area contributed by atoms with E-state index in [4.69, 9.17) is 9.98 Å². The number of aldehydes is 1. The van der Waals surface area contributed by atoms with E-state index in [2.05, 4.69) is 10.6 Å². The first-order valence-corrected chi connectivity index (χ1v) is 20.4. The molecule has 0 atom stereocenters. The molecule has 3 N–H and O–H groups in total. The number of benzene rings is 4. The molecule has 2 aliphatic heterocycles. The Balaban J connectivity index is 0.000000186. The number of aliphatic hydroxyl groups is 1. The third kappa shape index (κ3) is 9.65. The van der Waals surface area contributed by atoms with E-state index in [0.29, 0.717) is 48.4 Å². The summed E-state index contributed by atoms with van der Waals surface area (Å²) >= 11 is 0. The quantitative estimate of drug-likeness (QED) is 0.114. The van der Waals surface area contributed by atoms with Crippen molar-refractivity contribution < 1.29 is 46.6 Å². The van der Waals surface area contributed by atoms with Crippen molar-refractivity contribution in [2.45, 2.75) is 82.1 Å². The molecule has 16 heteroatoms. The van der Waals surface area contributed by atoms with Gasteiger partial charge in [0.15, 0.2) is 0 Å². The molecule has 4 aromatic carbocycles. The molecule has 8 rings (SSSR count). The van der Waals surface area contributed by atoms with Crippen molar-refractivity contribution in [3.05, 3.63) is 130 Å². The van der Waals surface area contributed by atoms with Crippen molar-refractivity contribution in [3.63, 3.8) is 0 Å². The number of halogens is 4. The number of nitrogens with zero attached hydrogens (tertiary/aromatic N) is 4. The molecule has 0 bridgehead atoms. The molecule has 4 aromatic rings. The van der Waals surface area contributed by atoms with Gasteiger partial charge in [-0.2, -0.15) is 0 Å². The summed E-state index contributed by atoms with van der Waals surface area (Å²) in [4.78, 5) is 75.2. The Kier molecular flexibility index (Phi) is 13.1. The Bertz CT molecular complexity index is 2390. The van der Waals surface area contributed by atoms with E-state index in [-0.39, 0.29) is 54.3 Å². The van der Waals surface area contributed by atoms with E-state index in [1.807, 2.05) is 0 Å². The van der Waals surface area contributed by atoms with Crippen molar-refractivity contribution in [1.82, 2.24) is 9.80 Å². The minimum absolute atomic E-state index is 0.00688. The lowest BCUT2D eigenvalue weighted by Crippen LogP contribution is -2.51. The third-order valence-corrected chi connectivity index (χ3v) is 11.5. The molecular formula is C46H44F4N6O6. The molecule has 2 heterocycles. The van der Waals surface area contributed by atoms with Gasteiger partial charge in [0.1, 0.15) is 65.4 Å². The molecule has 4 aliphatic rings. The van der Waals surface area contributed by atoms with Gasteiger partial charge in [-0.05, 0) is 81.2 Å². The fourth-order valence-corrected chi connectivity index (χ4v) is 8.51. The number of anilines is 2. The van der Waals surface area contributed by atoms with Crippen LogP contribution in [0.4, 0.5) is 28.9 Å². The predicted molar refractivity (Wildman–Crippen MR) is 222 cm³/mol. The summed E-state index contributed by atoms with van der Waals surface area (Å²) in [6, 6.07) is 19.0. The highest BCUT2D eigenvalue weighted by molar-refractivity contribution is 6.47. The van der Waals surface area contributed by atoms with Crippen LogP contribution in [0.3, 0.4) is 0 Å². The zero-order valence-electron chi connectivity index (χ0n) is 33.6. The first-order chi connectivity index (χ1) is 29.8. The van der Waals surface area contributed by atoms with Gasteiger partial charge in [-0.25, -0.2) is 17.6 Å². The standard InChI is InChI=1S/C23H23F2N3O3.C23H21F2N3O3/c2*24-17-10-18(25)12-19(11-17)26-20(30)13-28-22(31)21(16-6-4-15(14-29)5-7-16)27-23(28)8-2-1-3-9-23/h4-7,10-12,29H,1-3,8-9,13-14H2,(H,26,30);4-7,10-12,14H,1-3,8-9,13H2,(H,26,30). The molecule has 0 saturated heterocycles. The topological polar surface area (TPSA) is 161 Å². The van der Waals surface area contributed by atoms with Gasteiger partial charge in [0.05, 0.1) is 6.61 Å². The van der Waals surface area contributed by atoms with Gasteiger partial charge >= 0.3 is 0 Å². The number of nitrogens with one attached hydrogen (secondary N) is 2. The maximum atomic E-state index is 13.4. The Morgan fingerprint density at radius 2 is 0.968 bits per heavy atom. The van der Waals surface area contributed by atoms with Crippen molar-refractivity contribution >= 4 is 52.7 Å². The zero-order valence-corrected chi connectivity index (χ0v) is 33.6. The van der Waals surface area contributed by atoms with E-state index in [0.717, 1.165) is 80.7 Å². The van der Waals surface area contributed by atoms with Crippen LogP contribution in [-0.4, -0.2) is 80.7 Å². The summed E-state index contributed by atoms with van der Waals surface area (Å²) in [5.74, 6) is -5.03. The van der Waals surface area contributed by atoms with Gasteiger partial charge < -0.3 is 25.5 Å². The average molecular weight is 853 g/mol. The lowest BCUT2D eigenvalue weighted by molar-refractivity contribution is -0.134. The Morgan fingerprint density at radius 1 is 0.597 bits per heavy atom. The monoisotopic (exact) mass is 852 g/mol. The van der Waals surface area contributed by atoms with E-state index in [1.54, 1.807) is 48.5 Å². The van der Waals surface area contributed by atoms with Crippen LogP contribution in [0.25, 0.3) is 0 Å². The summed E-state index contributed by atoms with van der Waals surface area (Å²) < 4.78 is 53.7. The van der Waals surface area contributed by atoms with Gasteiger partial charge in [0.25, 0.3) is 11.8 Å². The van der Waals surface area contributed by atoms with Crippen molar-refractivity contribution in [2.24, 2.45) is 9.98 Å². The molecule has 2 spiro atoms. The van der Waals surface area contributed by atoms with Crippen LogP contribution in [0.2, 0.25) is 0 Å². The van der Waals surface area contributed by atoms with Gasteiger partial charge in [0.2, 0.25) is 11.8 Å². The maximum absolute atomic E-state index is 13.4. The molecule has 12 nitrogen and oxygen atoms in total. The number of aliphatic imine (C=N–C) groups is 2. The molecule has 2 fully saturated rings. The van der Waals surface area contributed by atoms with Crippen LogP contribution < -0.4 is 10.6 Å². The Morgan fingerprint density at radius 3 is 1.32 bits per heavy atom. The van der Waals surface area contributed by atoms with E-state index in [9.17, 15) is 46.6 Å². The summed E-state index contributed by atoms with van der Waals surface area (Å²) in [5.41, 5.74) is 1.34. The van der Waals surface area contributed by atoms with Crippen LogP contribution in [0, 0.1) is 23.3 Å². The highest BCUT2D eigenvalue weighted by Crippen LogP contribution is 2.41. The molecule has 322 valence electrons. The number of amides is 4. The van der Waals surface area contributed by atoms with Crippen molar-refractivity contribution in [2.75, 3.05) is 23.7 Å². The smallest absolute Gasteiger partial charge is 0.275 e.